The molecule has 6 nitrogen and oxygen atoms in total. The van der Waals surface area contributed by atoms with Crippen molar-refractivity contribution in [3.63, 3.8) is 0 Å². The Bertz CT molecular complexity index is 665. The van der Waals surface area contributed by atoms with E-state index in [2.05, 4.69) is 15.9 Å². The van der Waals surface area contributed by atoms with Gasteiger partial charge in [-0.05, 0) is 32.0 Å². The molecule has 0 unspecified atom stereocenters. The highest BCUT2D eigenvalue weighted by Crippen LogP contribution is 2.25. The summed E-state index contributed by atoms with van der Waals surface area (Å²) in [7, 11) is -4.06. The molecule has 0 fully saturated rings. The third-order valence-electron chi connectivity index (χ3n) is 2.52. The third-order valence-corrected chi connectivity index (χ3v) is 5.07. The lowest BCUT2D eigenvalue weighted by molar-refractivity contribution is -0.137. The molecule has 0 atom stereocenters. The Hall–Kier alpha value is -1.43. The van der Waals surface area contributed by atoms with E-state index in [9.17, 15) is 13.2 Å². The maximum absolute atomic E-state index is 12.5. The number of carboxylic acid groups (broad SMARTS) is 1. The molecule has 1 aromatic rings. The van der Waals surface area contributed by atoms with Crippen molar-refractivity contribution in [2.45, 2.75) is 24.8 Å². The van der Waals surface area contributed by atoms with Crippen LogP contribution in [-0.4, -0.2) is 36.4 Å². The number of carboxylic acids is 1. The summed E-state index contributed by atoms with van der Waals surface area (Å²) < 4.78 is 26.4. The summed E-state index contributed by atoms with van der Waals surface area (Å²) >= 11 is 3.15. The van der Waals surface area contributed by atoms with Gasteiger partial charge in [0, 0.05) is 10.5 Å². The minimum atomic E-state index is -4.06. The molecule has 0 saturated carbocycles. The van der Waals surface area contributed by atoms with Gasteiger partial charge in [-0.15, -0.1) is 0 Å². The summed E-state index contributed by atoms with van der Waals surface area (Å²) in [5.41, 5.74) is -0.0239. The quantitative estimate of drug-likeness (QED) is 0.862. The number of nitrogens with zero attached hydrogens (tertiary/aromatic N) is 2. The van der Waals surface area contributed by atoms with Crippen molar-refractivity contribution in [3.8, 4) is 6.07 Å². The first-order valence-electron chi connectivity index (χ1n) is 5.63. The smallest absolute Gasteiger partial charge is 0.318 e. The summed E-state index contributed by atoms with van der Waals surface area (Å²) in [6.45, 7) is 2.49. The largest absolute Gasteiger partial charge is 0.480 e. The summed E-state index contributed by atoms with van der Waals surface area (Å²) in [6.07, 6.45) is 0. The van der Waals surface area contributed by atoms with E-state index in [-0.39, 0.29) is 10.5 Å². The fourth-order valence-electron chi connectivity index (χ4n) is 1.61. The molecule has 0 bridgehead atoms. The summed E-state index contributed by atoms with van der Waals surface area (Å²) in [5.74, 6) is -1.25. The van der Waals surface area contributed by atoms with Crippen LogP contribution in [0.3, 0.4) is 0 Å². The Labute approximate surface area is 125 Å². The fourth-order valence-corrected chi connectivity index (χ4v) is 3.87. The van der Waals surface area contributed by atoms with E-state index in [0.29, 0.717) is 4.47 Å². The number of hydrogen-bond donors (Lipinski definition) is 1. The number of sulfonamides is 1. The molecule has 1 rings (SSSR count). The van der Waals surface area contributed by atoms with Crippen molar-refractivity contribution in [2.24, 2.45) is 0 Å². The van der Waals surface area contributed by atoms with Crippen LogP contribution in [0.5, 0.6) is 0 Å². The Morgan fingerprint density at radius 2 is 2.10 bits per heavy atom. The van der Waals surface area contributed by atoms with E-state index in [4.69, 9.17) is 10.4 Å². The Morgan fingerprint density at radius 1 is 1.50 bits per heavy atom. The molecule has 0 saturated heterocycles. The number of nitriles is 1. The normalized spacial score (nSPS) is 11.6. The monoisotopic (exact) mass is 360 g/mol. The lowest BCUT2D eigenvalue weighted by Crippen LogP contribution is -2.40. The maximum Gasteiger partial charge on any atom is 0.318 e. The SMILES string of the molecule is CC(C)N(CC(=O)O)S(=O)(=O)c1cc(Br)ccc1C#N. The van der Waals surface area contributed by atoms with Gasteiger partial charge in [0.05, 0.1) is 5.56 Å². The van der Waals surface area contributed by atoms with Gasteiger partial charge in [-0.2, -0.15) is 9.57 Å². The van der Waals surface area contributed by atoms with Gasteiger partial charge in [-0.1, -0.05) is 15.9 Å². The average Bonchev–Trinajstić information content (AvgIpc) is 2.35. The van der Waals surface area contributed by atoms with Crippen LogP contribution in [0.2, 0.25) is 0 Å². The Morgan fingerprint density at radius 3 is 2.55 bits per heavy atom. The lowest BCUT2D eigenvalue weighted by atomic mass is 10.2. The highest BCUT2D eigenvalue weighted by atomic mass is 79.9. The van der Waals surface area contributed by atoms with Crippen LogP contribution in [0.4, 0.5) is 0 Å². The number of rotatable bonds is 5. The lowest BCUT2D eigenvalue weighted by Gasteiger charge is -2.24. The third kappa shape index (κ3) is 3.56. The van der Waals surface area contributed by atoms with Gasteiger partial charge >= 0.3 is 5.97 Å². The van der Waals surface area contributed by atoms with Crippen molar-refractivity contribution in [3.05, 3.63) is 28.2 Å². The van der Waals surface area contributed by atoms with Gasteiger partial charge in [-0.3, -0.25) is 4.79 Å². The molecule has 0 aliphatic heterocycles. The van der Waals surface area contributed by atoms with Crippen molar-refractivity contribution in [2.75, 3.05) is 6.54 Å². The minimum Gasteiger partial charge on any atom is -0.480 e. The molecule has 0 aliphatic rings. The second-order valence-electron chi connectivity index (χ2n) is 4.29. The van der Waals surface area contributed by atoms with Crippen molar-refractivity contribution < 1.29 is 18.3 Å². The average molecular weight is 361 g/mol. The van der Waals surface area contributed by atoms with Crippen LogP contribution in [-0.2, 0) is 14.8 Å². The molecule has 1 aromatic carbocycles. The first kappa shape index (κ1) is 16.6. The van der Waals surface area contributed by atoms with Crippen LogP contribution in [0.15, 0.2) is 27.6 Å². The molecule has 0 aliphatic carbocycles. The van der Waals surface area contributed by atoms with Gasteiger partial charge in [-0.25, -0.2) is 8.42 Å². The van der Waals surface area contributed by atoms with E-state index in [1.807, 2.05) is 0 Å². The first-order chi connectivity index (χ1) is 9.20. The molecule has 0 amide bonds. The summed E-state index contributed by atoms with van der Waals surface area (Å²) in [6, 6.07) is 5.48. The molecule has 0 aromatic heterocycles. The second kappa shape index (κ2) is 6.35. The van der Waals surface area contributed by atoms with E-state index < -0.39 is 28.6 Å². The molecule has 0 heterocycles. The van der Waals surface area contributed by atoms with Gasteiger partial charge < -0.3 is 5.11 Å². The minimum absolute atomic E-state index is 0.0239. The predicted molar refractivity (Wildman–Crippen MR) is 75.5 cm³/mol. The summed E-state index contributed by atoms with van der Waals surface area (Å²) in [5, 5.41) is 17.9. The van der Waals surface area contributed by atoms with E-state index in [1.54, 1.807) is 26.0 Å². The van der Waals surface area contributed by atoms with Gasteiger partial charge in [0.15, 0.2) is 0 Å². The molecule has 8 heteroatoms. The van der Waals surface area contributed by atoms with Crippen molar-refractivity contribution >= 4 is 31.9 Å². The molecular formula is C12H13BrN2O4S. The maximum atomic E-state index is 12.5. The van der Waals surface area contributed by atoms with Crippen LogP contribution >= 0.6 is 15.9 Å². The topological polar surface area (TPSA) is 98.5 Å². The van der Waals surface area contributed by atoms with Crippen molar-refractivity contribution in [1.82, 2.24) is 4.31 Å². The van der Waals surface area contributed by atoms with E-state index in [0.717, 1.165) is 4.31 Å². The van der Waals surface area contributed by atoms with Gasteiger partial charge in [0.25, 0.3) is 0 Å². The van der Waals surface area contributed by atoms with E-state index in [1.165, 1.54) is 12.1 Å². The second-order valence-corrected chi connectivity index (χ2v) is 7.06. The predicted octanol–water partition coefficient (Wildman–Crippen LogP) is 1.80. The van der Waals surface area contributed by atoms with E-state index >= 15 is 0 Å². The molecule has 0 spiro atoms. The Balaban J connectivity index is 3.45. The van der Waals surface area contributed by atoms with Crippen LogP contribution in [0.25, 0.3) is 0 Å². The fraction of sp³-hybridized carbons (Fsp3) is 0.333. The molecule has 0 radical (unpaired) electrons. The number of carbonyl (C=O) groups is 1. The highest BCUT2D eigenvalue weighted by molar-refractivity contribution is 9.10. The Kier molecular flexibility index (Phi) is 5.28. The number of benzene rings is 1. The highest BCUT2D eigenvalue weighted by Gasteiger charge is 2.31. The first-order valence-corrected chi connectivity index (χ1v) is 7.86. The van der Waals surface area contributed by atoms with Crippen LogP contribution in [0.1, 0.15) is 19.4 Å². The van der Waals surface area contributed by atoms with Crippen molar-refractivity contribution in [1.29, 1.82) is 5.26 Å². The summed E-state index contributed by atoms with van der Waals surface area (Å²) in [4.78, 5) is 10.6. The molecular weight excluding hydrogens is 348 g/mol. The number of aliphatic carboxylic acids is 1. The number of halogens is 1. The zero-order valence-electron chi connectivity index (χ0n) is 10.9. The van der Waals surface area contributed by atoms with Crippen LogP contribution in [0, 0.1) is 11.3 Å². The van der Waals surface area contributed by atoms with Gasteiger partial charge in [0.1, 0.15) is 17.5 Å². The van der Waals surface area contributed by atoms with Gasteiger partial charge in [0.2, 0.25) is 10.0 Å². The molecule has 20 heavy (non-hydrogen) atoms. The molecule has 1 N–H and O–H groups in total. The molecule has 108 valence electrons. The zero-order valence-corrected chi connectivity index (χ0v) is 13.3. The zero-order chi connectivity index (χ0) is 15.5. The number of hydrogen-bond acceptors (Lipinski definition) is 4. The van der Waals surface area contributed by atoms with Crippen LogP contribution < -0.4 is 0 Å². The standard InChI is InChI=1S/C12H13BrN2O4S/c1-8(2)15(7-12(16)17)20(18,19)11-5-10(13)4-3-9(11)6-14/h3-5,8H,7H2,1-2H3,(H,16,17).